The van der Waals surface area contributed by atoms with Crippen molar-refractivity contribution in [3.8, 4) is 0 Å². The van der Waals surface area contributed by atoms with E-state index in [2.05, 4.69) is 20.4 Å². The summed E-state index contributed by atoms with van der Waals surface area (Å²) >= 11 is 0. The van der Waals surface area contributed by atoms with Crippen LogP contribution in [0.3, 0.4) is 0 Å². The molecule has 0 aromatic carbocycles. The quantitative estimate of drug-likeness (QED) is 0.912. The number of nitrogens with zero attached hydrogens (tertiary/aromatic N) is 5. The maximum Gasteiger partial charge on any atom is 0.401 e. The van der Waals surface area contributed by atoms with Crippen molar-refractivity contribution in [2.24, 2.45) is 7.05 Å². The first kappa shape index (κ1) is 15.5. The molecule has 21 heavy (non-hydrogen) atoms. The number of aromatic nitrogens is 4. The Morgan fingerprint density at radius 3 is 2.67 bits per heavy atom. The number of nitrogens with one attached hydrogen (secondary N) is 1. The first-order valence-electron chi connectivity index (χ1n) is 6.48. The standard InChI is InChI=1S/C12H17F3N6/c1-4-16-10-8-5-17-21(3)11(8)19-9(18-10)6-20(2)7-12(13,14)15/h5H,4,6-7H2,1-3H3,(H,16,18,19). The van der Waals surface area contributed by atoms with Crippen LogP contribution in [0.5, 0.6) is 0 Å². The molecule has 0 aliphatic carbocycles. The fraction of sp³-hybridized carbons (Fsp3) is 0.583. The molecular formula is C12H17F3N6. The van der Waals surface area contributed by atoms with Crippen molar-refractivity contribution in [3.05, 3.63) is 12.0 Å². The summed E-state index contributed by atoms with van der Waals surface area (Å²) in [7, 11) is 3.12. The zero-order valence-electron chi connectivity index (χ0n) is 12.1. The molecule has 0 radical (unpaired) electrons. The van der Waals surface area contributed by atoms with Crippen LogP contribution < -0.4 is 5.32 Å². The van der Waals surface area contributed by atoms with Gasteiger partial charge in [-0.3, -0.25) is 9.58 Å². The molecule has 116 valence electrons. The van der Waals surface area contributed by atoms with Crippen molar-refractivity contribution in [1.82, 2.24) is 24.6 Å². The molecule has 2 heterocycles. The van der Waals surface area contributed by atoms with Crippen LogP contribution in [-0.4, -0.2) is 51.0 Å². The Morgan fingerprint density at radius 2 is 2.05 bits per heavy atom. The maximum absolute atomic E-state index is 12.4. The van der Waals surface area contributed by atoms with E-state index in [0.29, 0.717) is 23.8 Å². The molecule has 9 heteroatoms. The Morgan fingerprint density at radius 1 is 1.33 bits per heavy atom. The second-order valence-electron chi connectivity index (χ2n) is 4.81. The molecule has 0 fully saturated rings. The van der Waals surface area contributed by atoms with Crippen LogP contribution in [0.2, 0.25) is 0 Å². The first-order valence-corrected chi connectivity index (χ1v) is 6.48. The summed E-state index contributed by atoms with van der Waals surface area (Å²) in [6.45, 7) is 1.58. The lowest BCUT2D eigenvalue weighted by Gasteiger charge is -2.18. The molecule has 1 N–H and O–H groups in total. The minimum absolute atomic E-state index is 0.0129. The van der Waals surface area contributed by atoms with Crippen LogP contribution in [0.15, 0.2) is 6.20 Å². The lowest BCUT2D eigenvalue weighted by molar-refractivity contribution is -0.144. The molecule has 0 saturated carbocycles. The van der Waals surface area contributed by atoms with Crippen molar-refractivity contribution >= 4 is 16.9 Å². The van der Waals surface area contributed by atoms with Gasteiger partial charge in [-0.25, -0.2) is 9.97 Å². The minimum atomic E-state index is -4.24. The van der Waals surface area contributed by atoms with Gasteiger partial charge in [-0.1, -0.05) is 0 Å². The molecule has 0 spiro atoms. The Hall–Kier alpha value is -1.90. The Labute approximate surface area is 120 Å². The molecule has 6 nitrogen and oxygen atoms in total. The highest BCUT2D eigenvalue weighted by atomic mass is 19.4. The second-order valence-corrected chi connectivity index (χ2v) is 4.81. The normalized spacial score (nSPS) is 12.3. The van der Waals surface area contributed by atoms with E-state index in [9.17, 15) is 13.2 Å². The number of aryl methyl sites for hydroxylation is 1. The van der Waals surface area contributed by atoms with Gasteiger partial charge in [0.25, 0.3) is 0 Å². The summed E-state index contributed by atoms with van der Waals surface area (Å²) in [5.41, 5.74) is 0.594. The van der Waals surface area contributed by atoms with E-state index in [0.717, 1.165) is 10.3 Å². The number of alkyl halides is 3. The van der Waals surface area contributed by atoms with Gasteiger partial charge in [0.2, 0.25) is 0 Å². The Kier molecular flexibility index (Phi) is 4.31. The second kappa shape index (κ2) is 5.84. The van der Waals surface area contributed by atoms with Gasteiger partial charge >= 0.3 is 6.18 Å². The molecule has 2 aromatic heterocycles. The average molecular weight is 302 g/mol. The highest BCUT2D eigenvalue weighted by molar-refractivity contribution is 5.86. The lowest BCUT2D eigenvalue weighted by atomic mass is 10.3. The fourth-order valence-corrected chi connectivity index (χ4v) is 2.04. The Balaban J connectivity index is 2.29. The molecule has 0 unspecified atom stereocenters. The number of fused-ring (bicyclic) bond motifs is 1. The van der Waals surface area contributed by atoms with E-state index in [1.165, 1.54) is 7.05 Å². The number of hydrogen-bond donors (Lipinski definition) is 1. The molecule has 0 amide bonds. The molecule has 0 aliphatic rings. The predicted octanol–water partition coefficient (Wildman–Crippen LogP) is 1.79. The zero-order valence-corrected chi connectivity index (χ0v) is 12.1. The van der Waals surface area contributed by atoms with Crippen LogP contribution in [0, 0.1) is 0 Å². The van der Waals surface area contributed by atoms with Gasteiger partial charge in [0.1, 0.15) is 11.6 Å². The van der Waals surface area contributed by atoms with Crippen LogP contribution in [-0.2, 0) is 13.6 Å². The largest absolute Gasteiger partial charge is 0.401 e. The predicted molar refractivity (Wildman–Crippen MR) is 72.9 cm³/mol. The van der Waals surface area contributed by atoms with Gasteiger partial charge in [0.05, 0.1) is 24.7 Å². The monoisotopic (exact) mass is 302 g/mol. The van der Waals surface area contributed by atoms with Gasteiger partial charge < -0.3 is 5.32 Å². The van der Waals surface area contributed by atoms with Crippen molar-refractivity contribution in [1.29, 1.82) is 0 Å². The Bertz CT molecular complexity index is 621. The number of halogens is 3. The van der Waals surface area contributed by atoms with E-state index < -0.39 is 12.7 Å². The van der Waals surface area contributed by atoms with Crippen molar-refractivity contribution < 1.29 is 13.2 Å². The lowest BCUT2D eigenvalue weighted by Crippen LogP contribution is -2.31. The highest BCUT2D eigenvalue weighted by Gasteiger charge is 2.29. The van der Waals surface area contributed by atoms with Gasteiger partial charge in [-0.05, 0) is 14.0 Å². The van der Waals surface area contributed by atoms with E-state index in [4.69, 9.17) is 0 Å². The van der Waals surface area contributed by atoms with Crippen LogP contribution in [0.4, 0.5) is 19.0 Å². The molecule has 0 saturated heterocycles. The van der Waals surface area contributed by atoms with Crippen LogP contribution >= 0.6 is 0 Å². The van der Waals surface area contributed by atoms with Crippen molar-refractivity contribution in [2.45, 2.75) is 19.6 Å². The van der Waals surface area contributed by atoms with E-state index in [1.54, 1.807) is 17.9 Å². The fourth-order valence-electron chi connectivity index (χ4n) is 2.04. The summed E-state index contributed by atoms with van der Waals surface area (Å²) in [5, 5.41) is 7.93. The number of anilines is 1. The number of hydrogen-bond acceptors (Lipinski definition) is 5. The van der Waals surface area contributed by atoms with E-state index in [1.807, 2.05) is 6.92 Å². The van der Waals surface area contributed by atoms with Crippen LogP contribution in [0.1, 0.15) is 12.7 Å². The van der Waals surface area contributed by atoms with Crippen molar-refractivity contribution in [3.63, 3.8) is 0 Å². The molecular weight excluding hydrogens is 285 g/mol. The van der Waals surface area contributed by atoms with Gasteiger partial charge in [0, 0.05) is 13.6 Å². The summed E-state index contributed by atoms with van der Waals surface area (Å²) in [6, 6.07) is 0. The molecule has 0 bridgehead atoms. The van der Waals surface area contributed by atoms with E-state index >= 15 is 0 Å². The van der Waals surface area contributed by atoms with Gasteiger partial charge in [-0.2, -0.15) is 18.3 Å². The average Bonchev–Trinajstić information content (AvgIpc) is 2.69. The minimum Gasteiger partial charge on any atom is -0.370 e. The summed E-state index contributed by atoms with van der Waals surface area (Å²) in [5.74, 6) is 0.916. The zero-order chi connectivity index (χ0) is 15.6. The van der Waals surface area contributed by atoms with Crippen molar-refractivity contribution in [2.75, 3.05) is 25.5 Å². The summed E-state index contributed by atoms with van der Waals surface area (Å²) < 4.78 is 38.7. The van der Waals surface area contributed by atoms with Crippen LogP contribution in [0.25, 0.3) is 11.0 Å². The maximum atomic E-state index is 12.4. The third-order valence-electron chi connectivity index (χ3n) is 2.84. The SMILES string of the molecule is CCNc1nc(CN(C)CC(F)(F)F)nc2c1cnn2C. The van der Waals surface area contributed by atoms with Gasteiger partial charge in [0.15, 0.2) is 5.65 Å². The number of rotatable bonds is 5. The molecule has 0 atom stereocenters. The summed E-state index contributed by atoms with van der Waals surface area (Å²) in [4.78, 5) is 9.71. The molecule has 2 aromatic rings. The highest BCUT2D eigenvalue weighted by Crippen LogP contribution is 2.21. The molecule has 0 aliphatic heterocycles. The summed E-state index contributed by atoms with van der Waals surface area (Å²) in [6.07, 6.45) is -2.60. The van der Waals surface area contributed by atoms with E-state index in [-0.39, 0.29) is 6.54 Å². The topological polar surface area (TPSA) is 58.9 Å². The first-order chi connectivity index (χ1) is 9.80. The third-order valence-corrected chi connectivity index (χ3v) is 2.84. The third kappa shape index (κ3) is 3.81. The van der Waals surface area contributed by atoms with Gasteiger partial charge in [-0.15, -0.1) is 0 Å². The smallest absolute Gasteiger partial charge is 0.370 e. The molecule has 2 rings (SSSR count).